The summed E-state index contributed by atoms with van der Waals surface area (Å²) in [5, 5.41) is 9.54. The van der Waals surface area contributed by atoms with Crippen LogP contribution in [0.3, 0.4) is 0 Å². The molecule has 0 fully saturated rings. The Hall–Kier alpha value is -5.24. The maximum atomic E-state index is 8.44. The molecule has 1 heteroatoms. The van der Waals surface area contributed by atoms with Gasteiger partial charge in [-0.05, 0) is 83.9 Å². The molecule has 0 spiro atoms. The van der Waals surface area contributed by atoms with Crippen molar-refractivity contribution in [3.8, 4) is 33.4 Å². The van der Waals surface area contributed by atoms with Crippen molar-refractivity contribution in [2.75, 3.05) is 0 Å². The monoisotopic (exact) mass is 564 g/mol. The predicted octanol–water partition coefficient (Wildman–Crippen LogP) is 12.5. The van der Waals surface area contributed by atoms with Crippen molar-refractivity contribution in [2.24, 2.45) is 0 Å². The topological polar surface area (TPSA) is 0 Å². The molecule has 9 aromatic rings. The summed E-state index contributed by atoms with van der Waals surface area (Å²) in [6, 6.07) is 52.6. The molecule has 0 atom stereocenters. The molecular weight excluding hydrogens is 537 g/mol. The fourth-order valence-electron chi connectivity index (χ4n) is 6.80. The number of hydrogen-bond acceptors (Lipinski definition) is 1. The maximum absolute atomic E-state index is 8.44. The SMILES string of the molecule is [2H]c1ccc2cc(-c3c4ccccc4c(-c4ccc(-c5cccc6sc7c([2H])cccc7c56)cc4)c4ccccc34)ccc2c1. The first-order valence-corrected chi connectivity index (χ1v) is 15.4. The summed E-state index contributed by atoms with van der Waals surface area (Å²) >= 11 is 1.70. The molecule has 0 amide bonds. The second kappa shape index (κ2) is 9.66. The van der Waals surface area contributed by atoms with E-state index in [0.717, 1.165) is 20.9 Å². The quantitative estimate of drug-likeness (QED) is 0.187. The zero-order valence-electron chi connectivity index (χ0n) is 25.3. The lowest BCUT2D eigenvalue weighted by Crippen LogP contribution is -1.91. The first kappa shape index (κ1) is 22.4. The van der Waals surface area contributed by atoms with Gasteiger partial charge in [-0.3, -0.25) is 0 Å². The zero-order valence-corrected chi connectivity index (χ0v) is 24.1. The van der Waals surface area contributed by atoms with E-state index in [1.54, 1.807) is 11.3 Å². The minimum atomic E-state index is 0.531. The fourth-order valence-corrected chi connectivity index (χ4v) is 7.89. The van der Waals surface area contributed by atoms with Gasteiger partial charge in [0.25, 0.3) is 0 Å². The van der Waals surface area contributed by atoms with Crippen LogP contribution in [-0.2, 0) is 0 Å². The highest BCUT2D eigenvalue weighted by molar-refractivity contribution is 7.25. The minimum Gasteiger partial charge on any atom is -0.135 e. The Kier molecular flexibility index (Phi) is 5.03. The van der Waals surface area contributed by atoms with Gasteiger partial charge < -0.3 is 0 Å². The highest BCUT2D eigenvalue weighted by atomic mass is 32.1. The number of thiophene rings is 1. The second-order valence-corrected chi connectivity index (χ2v) is 12.2. The Morgan fingerprint density at radius 2 is 1.05 bits per heavy atom. The molecule has 0 unspecified atom stereocenters. The second-order valence-electron chi connectivity index (χ2n) is 11.1. The third-order valence-electron chi connectivity index (χ3n) is 8.72. The van der Waals surface area contributed by atoms with Crippen LogP contribution in [0.5, 0.6) is 0 Å². The van der Waals surface area contributed by atoms with Crippen molar-refractivity contribution in [3.63, 3.8) is 0 Å². The average Bonchev–Trinajstić information content (AvgIpc) is 3.47. The van der Waals surface area contributed by atoms with Crippen LogP contribution in [-0.4, -0.2) is 0 Å². The molecule has 43 heavy (non-hydrogen) atoms. The van der Waals surface area contributed by atoms with E-state index in [9.17, 15) is 0 Å². The molecule has 0 radical (unpaired) electrons. The predicted molar refractivity (Wildman–Crippen MR) is 188 cm³/mol. The molecule has 9 rings (SSSR count). The van der Waals surface area contributed by atoms with Gasteiger partial charge in [-0.15, -0.1) is 11.3 Å². The molecule has 1 aromatic heterocycles. The van der Waals surface area contributed by atoms with Crippen LogP contribution in [0, 0.1) is 0 Å². The third-order valence-corrected chi connectivity index (χ3v) is 9.82. The minimum absolute atomic E-state index is 0.531. The van der Waals surface area contributed by atoms with Crippen LogP contribution < -0.4 is 0 Å². The van der Waals surface area contributed by atoms with Gasteiger partial charge in [0.15, 0.2) is 0 Å². The van der Waals surface area contributed by atoms with E-state index in [1.807, 2.05) is 30.3 Å². The summed E-state index contributed by atoms with van der Waals surface area (Å²) in [7, 11) is 0. The zero-order chi connectivity index (χ0) is 30.1. The molecule has 0 saturated heterocycles. The van der Waals surface area contributed by atoms with Crippen LogP contribution in [0.15, 0.2) is 158 Å². The average molecular weight is 565 g/mol. The van der Waals surface area contributed by atoms with Gasteiger partial charge in [0.05, 0.1) is 2.74 Å². The van der Waals surface area contributed by atoms with Crippen LogP contribution in [0.25, 0.3) is 85.9 Å². The molecule has 0 aliphatic heterocycles. The Morgan fingerprint density at radius 1 is 0.419 bits per heavy atom. The Balaban J connectivity index is 1.25. The van der Waals surface area contributed by atoms with Crippen molar-refractivity contribution in [1.29, 1.82) is 0 Å². The van der Waals surface area contributed by atoms with Gasteiger partial charge in [-0.2, -0.15) is 0 Å². The van der Waals surface area contributed by atoms with Gasteiger partial charge in [0.1, 0.15) is 0 Å². The number of rotatable bonds is 3. The summed E-state index contributed by atoms with van der Waals surface area (Å²) in [4.78, 5) is 0. The molecule has 0 saturated carbocycles. The first-order chi connectivity index (χ1) is 22.1. The van der Waals surface area contributed by atoms with E-state index in [1.165, 1.54) is 65.0 Å². The van der Waals surface area contributed by atoms with Crippen molar-refractivity contribution in [3.05, 3.63) is 158 Å². The highest BCUT2D eigenvalue weighted by Crippen LogP contribution is 2.45. The van der Waals surface area contributed by atoms with E-state index in [4.69, 9.17) is 2.74 Å². The van der Waals surface area contributed by atoms with E-state index in [2.05, 4.69) is 115 Å². The largest absolute Gasteiger partial charge is 0.135 e. The summed E-state index contributed by atoms with van der Waals surface area (Å²) in [5.74, 6) is 0. The van der Waals surface area contributed by atoms with Crippen LogP contribution in [0.2, 0.25) is 0 Å². The van der Waals surface area contributed by atoms with E-state index in [-0.39, 0.29) is 0 Å². The van der Waals surface area contributed by atoms with E-state index < -0.39 is 0 Å². The lowest BCUT2D eigenvalue weighted by Gasteiger charge is -2.18. The molecule has 0 nitrogen and oxygen atoms in total. The van der Waals surface area contributed by atoms with Gasteiger partial charge in [0.2, 0.25) is 0 Å². The molecule has 8 aromatic carbocycles. The molecular formula is C42H26S. The van der Waals surface area contributed by atoms with Gasteiger partial charge in [0, 0.05) is 20.2 Å². The summed E-state index contributed by atoms with van der Waals surface area (Å²) in [5.41, 5.74) is 7.24. The lowest BCUT2D eigenvalue weighted by molar-refractivity contribution is 1.64. The smallest absolute Gasteiger partial charge is 0.0638 e. The molecule has 1 heterocycles. The summed E-state index contributed by atoms with van der Waals surface area (Å²) in [6.45, 7) is 0. The molecule has 0 N–H and O–H groups in total. The Bertz CT molecular complexity index is 2550. The molecule has 0 aliphatic rings. The van der Waals surface area contributed by atoms with Crippen molar-refractivity contribution < 1.29 is 2.74 Å². The molecule has 0 aliphatic carbocycles. The van der Waals surface area contributed by atoms with Crippen molar-refractivity contribution in [1.82, 2.24) is 0 Å². The van der Waals surface area contributed by atoms with Crippen molar-refractivity contribution >= 4 is 63.8 Å². The number of benzene rings is 8. The number of fused-ring (bicyclic) bond motifs is 6. The van der Waals surface area contributed by atoms with Crippen LogP contribution in [0.4, 0.5) is 0 Å². The first-order valence-electron chi connectivity index (χ1n) is 15.6. The van der Waals surface area contributed by atoms with Gasteiger partial charge in [-0.25, -0.2) is 0 Å². The highest BCUT2D eigenvalue weighted by Gasteiger charge is 2.17. The molecule has 200 valence electrons. The third kappa shape index (κ3) is 3.82. The standard InChI is InChI=1S/C42H26S/c1-2-11-30-26-31(25-20-27(30)10-1)41-35-14-5-3-12-33(35)40(34-13-4-6-15-36(34)41)29-23-21-28(22-24-29)32-17-9-19-39-42(32)37-16-7-8-18-38(37)43-39/h1-26H/i1D,18D. The van der Waals surface area contributed by atoms with Crippen molar-refractivity contribution in [2.45, 2.75) is 0 Å². The summed E-state index contributed by atoms with van der Waals surface area (Å²) in [6.07, 6.45) is 0. The Labute approximate surface area is 256 Å². The van der Waals surface area contributed by atoms with E-state index >= 15 is 0 Å². The van der Waals surface area contributed by atoms with Gasteiger partial charge >= 0.3 is 0 Å². The normalized spacial score (nSPS) is 12.4. The Morgan fingerprint density at radius 3 is 1.79 bits per heavy atom. The number of hydrogen-bond donors (Lipinski definition) is 0. The van der Waals surface area contributed by atoms with Crippen LogP contribution >= 0.6 is 11.3 Å². The van der Waals surface area contributed by atoms with E-state index in [0.29, 0.717) is 12.1 Å². The lowest BCUT2D eigenvalue weighted by atomic mass is 9.85. The van der Waals surface area contributed by atoms with Gasteiger partial charge in [-0.1, -0.05) is 140 Å². The fraction of sp³-hybridized carbons (Fsp3) is 0. The molecule has 0 bridgehead atoms. The van der Waals surface area contributed by atoms with Crippen LogP contribution in [0.1, 0.15) is 2.74 Å². The summed E-state index contributed by atoms with van der Waals surface area (Å²) < 4.78 is 18.7. The maximum Gasteiger partial charge on any atom is 0.0638 e.